The lowest BCUT2D eigenvalue weighted by atomic mass is 10.00. The molecule has 1 heterocycles. The lowest BCUT2D eigenvalue weighted by Gasteiger charge is -2.26. The van der Waals surface area contributed by atoms with Crippen molar-refractivity contribution in [3.8, 4) is 22.8 Å². The fraction of sp³-hybridized carbons (Fsp3) is 0.333. The van der Waals surface area contributed by atoms with E-state index in [0.717, 1.165) is 16.6 Å². The van der Waals surface area contributed by atoms with Gasteiger partial charge in [-0.15, -0.1) is 6.58 Å². The van der Waals surface area contributed by atoms with E-state index in [0.29, 0.717) is 35.3 Å². The summed E-state index contributed by atoms with van der Waals surface area (Å²) >= 11 is 0. The van der Waals surface area contributed by atoms with Crippen LogP contribution >= 0.6 is 0 Å². The number of aromatic nitrogens is 1. The Morgan fingerprint density at radius 3 is 2.51 bits per heavy atom. The molecule has 0 saturated heterocycles. The summed E-state index contributed by atoms with van der Waals surface area (Å²) in [6, 6.07) is 17.2. The summed E-state index contributed by atoms with van der Waals surface area (Å²) in [6.07, 6.45) is 4.09. The van der Waals surface area contributed by atoms with Crippen LogP contribution in [0.1, 0.15) is 33.6 Å². The number of pyridine rings is 1. The lowest BCUT2D eigenvalue weighted by Crippen LogP contribution is -2.49. The average Bonchev–Trinajstić information content (AvgIpc) is 3.52. The number of benzene rings is 2. The first-order chi connectivity index (χ1) is 19.6. The minimum atomic E-state index is -1.18. The second-order valence-electron chi connectivity index (χ2n) is 11.5. The summed E-state index contributed by atoms with van der Waals surface area (Å²) < 4.78 is 17.4. The van der Waals surface area contributed by atoms with Crippen molar-refractivity contribution in [2.75, 3.05) is 7.11 Å². The van der Waals surface area contributed by atoms with Gasteiger partial charge in [0.25, 0.3) is 0 Å². The number of hydrogen-bond acceptors (Lipinski definition) is 7. The second-order valence-corrected chi connectivity index (χ2v) is 11.5. The number of amides is 1. The van der Waals surface area contributed by atoms with Crippen LogP contribution in [-0.2, 0) is 19.1 Å². The Bertz CT molecular complexity index is 1540. The number of aldehydes is 1. The molecular formula is C33H34N2O6. The predicted octanol–water partition coefficient (Wildman–Crippen LogP) is 5.21. The summed E-state index contributed by atoms with van der Waals surface area (Å²) in [4.78, 5) is 43.4. The van der Waals surface area contributed by atoms with E-state index in [1.807, 2.05) is 54.6 Å². The molecule has 212 valence electrons. The van der Waals surface area contributed by atoms with Crippen LogP contribution < -0.4 is 14.8 Å². The van der Waals surface area contributed by atoms with Crippen LogP contribution in [0.3, 0.4) is 0 Å². The molecule has 8 nitrogen and oxygen atoms in total. The van der Waals surface area contributed by atoms with Crippen LogP contribution in [0.5, 0.6) is 11.5 Å². The van der Waals surface area contributed by atoms with E-state index >= 15 is 0 Å². The molecule has 3 aromatic rings. The minimum absolute atomic E-state index is 0.240. The SMILES string of the molecule is C=C[C@@H]1C[C@]1(NC(=O)C1CC(Oc2cc(-c3ccccc3)nc3cc(OC)ccc23)C=C1C=O)C(=O)OC(C)(C)C. The minimum Gasteiger partial charge on any atom is -0.497 e. The van der Waals surface area contributed by atoms with E-state index in [1.165, 1.54) is 0 Å². The molecule has 0 aliphatic heterocycles. The van der Waals surface area contributed by atoms with Crippen molar-refractivity contribution in [3.63, 3.8) is 0 Å². The zero-order valence-electron chi connectivity index (χ0n) is 23.7. The normalized spacial score (nSPS) is 23.3. The first kappa shape index (κ1) is 28.1. The van der Waals surface area contributed by atoms with Gasteiger partial charge in [-0.1, -0.05) is 36.4 Å². The van der Waals surface area contributed by atoms with Gasteiger partial charge in [0.05, 0.1) is 24.2 Å². The van der Waals surface area contributed by atoms with Crippen LogP contribution in [0.25, 0.3) is 22.2 Å². The van der Waals surface area contributed by atoms with Gasteiger partial charge in [0.2, 0.25) is 5.91 Å². The third-order valence-corrected chi connectivity index (χ3v) is 7.44. The number of methoxy groups -OCH3 is 1. The fourth-order valence-electron chi connectivity index (χ4n) is 5.23. The molecule has 0 spiro atoms. The number of fused-ring (bicyclic) bond motifs is 1. The first-order valence-electron chi connectivity index (χ1n) is 13.6. The highest BCUT2D eigenvalue weighted by Gasteiger charge is 2.62. The number of hydrogen-bond donors (Lipinski definition) is 1. The first-order valence-corrected chi connectivity index (χ1v) is 13.6. The Labute approximate surface area is 239 Å². The quantitative estimate of drug-likeness (QED) is 0.220. The maximum absolute atomic E-state index is 13.5. The van der Waals surface area contributed by atoms with Crippen molar-refractivity contribution in [2.24, 2.45) is 11.8 Å². The van der Waals surface area contributed by atoms with E-state index in [-0.39, 0.29) is 12.3 Å². The summed E-state index contributed by atoms with van der Waals surface area (Å²) in [5.74, 6) is -0.696. The number of nitrogens with one attached hydrogen (secondary N) is 1. The molecule has 2 aliphatic rings. The van der Waals surface area contributed by atoms with Crippen molar-refractivity contribution >= 4 is 29.1 Å². The summed E-state index contributed by atoms with van der Waals surface area (Å²) in [5.41, 5.74) is 0.755. The van der Waals surface area contributed by atoms with Gasteiger partial charge >= 0.3 is 5.97 Å². The van der Waals surface area contributed by atoms with Gasteiger partial charge in [-0.2, -0.15) is 0 Å². The van der Waals surface area contributed by atoms with Crippen LogP contribution in [0.4, 0.5) is 0 Å². The van der Waals surface area contributed by atoms with Gasteiger partial charge in [-0.05, 0) is 45.4 Å². The van der Waals surface area contributed by atoms with Crippen molar-refractivity contribution in [2.45, 2.75) is 50.9 Å². The van der Waals surface area contributed by atoms with E-state index in [4.69, 9.17) is 19.2 Å². The van der Waals surface area contributed by atoms with Gasteiger partial charge in [0.1, 0.15) is 35.0 Å². The molecule has 8 heteroatoms. The summed E-state index contributed by atoms with van der Waals surface area (Å²) in [7, 11) is 1.60. The topological polar surface area (TPSA) is 104 Å². The van der Waals surface area contributed by atoms with Crippen molar-refractivity contribution in [3.05, 3.63) is 78.9 Å². The number of rotatable bonds is 9. The van der Waals surface area contributed by atoms with Crippen LogP contribution in [0.2, 0.25) is 0 Å². The molecule has 4 atom stereocenters. The van der Waals surface area contributed by atoms with Gasteiger partial charge in [-0.3, -0.25) is 9.59 Å². The van der Waals surface area contributed by atoms with E-state index in [2.05, 4.69) is 11.9 Å². The largest absolute Gasteiger partial charge is 0.497 e. The number of carbonyl (C=O) groups excluding carboxylic acids is 3. The predicted molar refractivity (Wildman–Crippen MR) is 155 cm³/mol. The monoisotopic (exact) mass is 554 g/mol. The summed E-state index contributed by atoms with van der Waals surface area (Å²) in [5, 5.41) is 3.66. The lowest BCUT2D eigenvalue weighted by molar-refractivity contribution is -0.160. The molecule has 2 aromatic carbocycles. The Morgan fingerprint density at radius 1 is 1.12 bits per heavy atom. The molecule has 1 amide bonds. The molecule has 0 radical (unpaired) electrons. The van der Waals surface area contributed by atoms with Gasteiger partial charge < -0.3 is 19.5 Å². The van der Waals surface area contributed by atoms with Crippen LogP contribution in [-0.4, -0.2) is 47.5 Å². The molecule has 1 N–H and O–H groups in total. The molecule has 41 heavy (non-hydrogen) atoms. The van der Waals surface area contributed by atoms with Crippen molar-refractivity contribution in [1.82, 2.24) is 10.3 Å². The third kappa shape index (κ3) is 5.73. The molecule has 2 aliphatic carbocycles. The van der Waals surface area contributed by atoms with Gasteiger partial charge in [0, 0.05) is 41.0 Å². The molecule has 1 saturated carbocycles. The Morgan fingerprint density at radius 2 is 1.88 bits per heavy atom. The zero-order chi connectivity index (χ0) is 29.4. The maximum atomic E-state index is 13.5. The smallest absolute Gasteiger partial charge is 0.333 e. The zero-order valence-corrected chi connectivity index (χ0v) is 23.7. The highest BCUT2D eigenvalue weighted by molar-refractivity contribution is 5.97. The fourth-order valence-corrected chi connectivity index (χ4v) is 5.23. The second kappa shape index (κ2) is 10.8. The Hall–Kier alpha value is -4.46. The Kier molecular flexibility index (Phi) is 7.43. The number of nitrogens with zero attached hydrogens (tertiary/aromatic N) is 1. The van der Waals surface area contributed by atoms with Gasteiger partial charge in [-0.25, -0.2) is 9.78 Å². The van der Waals surface area contributed by atoms with Crippen molar-refractivity contribution in [1.29, 1.82) is 0 Å². The van der Waals surface area contributed by atoms with E-state index in [9.17, 15) is 14.4 Å². The van der Waals surface area contributed by atoms with Crippen LogP contribution in [0.15, 0.2) is 78.9 Å². The third-order valence-electron chi connectivity index (χ3n) is 7.44. The molecule has 0 bridgehead atoms. The number of esters is 1. The molecule has 5 rings (SSSR count). The van der Waals surface area contributed by atoms with Gasteiger partial charge in [0.15, 0.2) is 0 Å². The van der Waals surface area contributed by atoms with Crippen molar-refractivity contribution < 1.29 is 28.6 Å². The standard InChI is InChI=1S/C33H34N2O6/c1-6-22-18-33(22,31(38)41-32(2,3)4)35-30(37)26-15-24(14-21(26)19-36)40-29-17-27(20-10-8-7-9-11-20)34-28-16-23(39-5)12-13-25(28)29/h6-14,16-17,19,22,24,26H,1,15,18H2,2-5H3,(H,35,37)/t22-,24?,26?,33-/m1/s1. The molecule has 1 aromatic heterocycles. The maximum Gasteiger partial charge on any atom is 0.333 e. The number of carbonyl (C=O) groups is 3. The van der Waals surface area contributed by atoms with E-state index in [1.54, 1.807) is 40.0 Å². The van der Waals surface area contributed by atoms with E-state index < -0.39 is 35.0 Å². The molecule has 2 unspecified atom stereocenters. The highest BCUT2D eigenvalue weighted by Crippen LogP contribution is 2.47. The van der Waals surface area contributed by atoms with Crippen LogP contribution in [0, 0.1) is 11.8 Å². The highest BCUT2D eigenvalue weighted by atomic mass is 16.6. The molecular weight excluding hydrogens is 520 g/mol. The number of ether oxygens (including phenoxy) is 3. The summed E-state index contributed by atoms with van der Waals surface area (Å²) in [6.45, 7) is 9.13. The molecule has 1 fully saturated rings. The average molecular weight is 555 g/mol. The Balaban J connectivity index is 1.40.